The molecular formula is C22H20ClNO4S. The summed E-state index contributed by atoms with van der Waals surface area (Å²) in [5.74, 6) is -0.0337. The summed E-state index contributed by atoms with van der Waals surface area (Å²) in [4.78, 5) is 12.6. The van der Waals surface area contributed by atoms with Gasteiger partial charge in [-0.25, -0.2) is 4.79 Å². The van der Waals surface area contributed by atoms with Gasteiger partial charge < -0.3 is 20.3 Å². The predicted molar refractivity (Wildman–Crippen MR) is 113 cm³/mol. The summed E-state index contributed by atoms with van der Waals surface area (Å²) < 4.78 is 5.42. The Hall–Kier alpha value is -2.38. The van der Waals surface area contributed by atoms with Gasteiger partial charge in [0.2, 0.25) is 0 Å². The first kappa shape index (κ1) is 19.9. The molecule has 1 heterocycles. The van der Waals surface area contributed by atoms with Crippen molar-refractivity contribution in [2.45, 2.75) is 18.1 Å². The fourth-order valence-electron chi connectivity index (χ4n) is 3.64. The van der Waals surface area contributed by atoms with E-state index in [1.807, 2.05) is 36.4 Å². The van der Waals surface area contributed by atoms with E-state index in [1.165, 1.54) is 11.3 Å². The number of aliphatic hydroxyl groups excluding tert-OH is 2. The highest BCUT2D eigenvalue weighted by atomic mass is 35.5. The fraction of sp³-hybridized carbons (Fsp3) is 0.227. The van der Waals surface area contributed by atoms with Gasteiger partial charge in [0.1, 0.15) is 18.8 Å². The Balaban J connectivity index is 1.35. The number of aliphatic hydroxyl groups is 2. The Labute approximate surface area is 177 Å². The highest BCUT2D eigenvalue weighted by Gasteiger charge is 2.29. The summed E-state index contributed by atoms with van der Waals surface area (Å²) in [7, 11) is 0. The highest BCUT2D eigenvalue weighted by Crippen LogP contribution is 2.44. The van der Waals surface area contributed by atoms with Crippen molar-refractivity contribution in [3.05, 3.63) is 81.0 Å². The van der Waals surface area contributed by atoms with Crippen LogP contribution < -0.4 is 5.32 Å². The normalized spacial score (nSPS) is 14.7. The van der Waals surface area contributed by atoms with Gasteiger partial charge in [0.15, 0.2) is 0 Å². The largest absolute Gasteiger partial charge is 0.449 e. The molecule has 2 aromatic carbocycles. The predicted octanol–water partition coefficient (Wildman–Crippen LogP) is 4.33. The summed E-state index contributed by atoms with van der Waals surface area (Å²) in [5, 5.41) is 24.9. The van der Waals surface area contributed by atoms with Crippen molar-refractivity contribution in [1.82, 2.24) is 5.32 Å². The maximum absolute atomic E-state index is 12.2. The van der Waals surface area contributed by atoms with Gasteiger partial charge in [-0.15, -0.1) is 11.3 Å². The molecule has 0 saturated heterocycles. The standard InChI is InChI=1S/C22H20ClNO4S/c23-18-9-10-29-21(18)20(26)19(25)11-24-22(27)28-12-17-15-7-3-1-5-13(15)14-6-2-4-8-16(14)17/h1-10,17,19-20,25-26H,11-12H2,(H,24,27). The van der Waals surface area contributed by atoms with Crippen LogP contribution in [0, 0.1) is 0 Å². The van der Waals surface area contributed by atoms with Crippen molar-refractivity contribution in [2.24, 2.45) is 0 Å². The van der Waals surface area contributed by atoms with E-state index in [0.717, 1.165) is 22.3 Å². The van der Waals surface area contributed by atoms with Gasteiger partial charge in [-0.1, -0.05) is 60.1 Å². The number of ether oxygens (including phenoxy) is 1. The van der Waals surface area contributed by atoms with Crippen molar-refractivity contribution >= 4 is 29.0 Å². The second-order valence-electron chi connectivity index (χ2n) is 6.85. The van der Waals surface area contributed by atoms with E-state index in [9.17, 15) is 15.0 Å². The Bertz CT molecular complexity index is 976. The molecule has 0 radical (unpaired) electrons. The molecule has 29 heavy (non-hydrogen) atoms. The molecule has 0 saturated carbocycles. The second-order valence-corrected chi connectivity index (χ2v) is 8.21. The fourth-order valence-corrected chi connectivity index (χ4v) is 4.85. The topological polar surface area (TPSA) is 78.8 Å². The first-order chi connectivity index (χ1) is 14.1. The molecule has 3 N–H and O–H groups in total. The van der Waals surface area contributed by atoms with Crippen molar-refractivity contribution in [3.63, 3.8) is 0 Å². The first-order valence-electron chi connectivity index (χ1n) is 9.24. The Morgan fingerprint density at radius 3 is 2.28 bits per heavy atom. The molecule has 4 rings (SSSR count). The molecule has 0 aliphatic heterocycles. The number of rotatable bonds is 6. The van der Waals surface area contributed by atoms with Gasteiger partial charge in [0.05, 0.1) is 9.90 Å². The van der Waals surface area contributed by atoms with Crippen LogP contribution in [0.1, 0.15) is 28.0 Å². The quantitative estimate of drug-likeness (QED) is 0.544. The van der Waals surface area contributed by atoms with Crippen molar-refractivity contribution in [1.29, 1.82) is 0 Å². The zero-order valence-electron chi connectivity index (χ0n) is 15.4. The molecule has 7 heteroatoms. The van der Waals surface area contributed by atoms with Crippen LogP contribution in [0.2, 0.25) is 5.02 Å². The van der Waals surface area contributed by atoms with Crippen LogP contribution in [0.25, 0.3) is 11.1 Å². The van der Waals surface area contributed by atoms with E-state index < -0.39 is 18.3 Å². The lowest BCUT2D eigenvalue weighted by Gasteiger charge is -2.18. The van der Waals surface area contributed by atoms with Crippen LogP contribution in [-0.2, 0) is 4.74 Å². The third-order valence-corrected chi connectivity index (χ3v) is 6.51. The maximum atomic E-state index is 12.2. The number of benzene rings is 2. The lowest BCUT2D eigenvalue weighted by Crippen LogP contribution is -2.36. The molecule has 1 aromatic heterocycles. The maximum Gasteiger partial charge on any atom is 0.407 e. The van der Waals surface area contributed by atoms with Gasteiger partial charge in [0, 0.05) is 12.5 Å². The lowest BCUT2D eigenvalue weighted by atomic mass is 9.98. The smallest absolute Gasteiger partial charge is 0.407 e. The number of fused-ring (bicyclic) bond motifs is 3. The summed E-state index contributed by atoms with van der Waals surface area (Å²) in [6.45, 7) is 0.0430. The zero-order chi connectivity index (χ0) is 20.4. The number of hydrogen-bond donors (Lipinski definition) is 3. The van der Waals surface area contributed by atoms with Crippen LogP contribution in [0.3, 0.4) is 0 Å². The van der Waals surface area contributed by atoms with Crippen molar-refractivity contribution in [2.75, 3.05) is 13.2 Å². The molecule has 2 atom stereocenters. The SMILES string of the molecule is O=C(NCC(O)C(O)c1sccc1Cl)OCC1c2ccccc2-c2ccccc21. The summed E-state index contributed by atoms with van der Waals surface area (Å²) in [6, 6.07) is 17.8. The zero-order valence-corrected chi connectivity index (χ0v) is 17.0. The number of alkyl carbamates (subject to hydrolysis) is 1. The van der Waals surface area contributed by atoms with Gasteiger partial charge in [-0.05, 0) is 33.7 Å². The molecule has 0 spiro atoms. The number of carbonyl (C=O) groups is 1. The van der Waals surface area contributed by atoms with Crippen LogP contribution in [-0.4, -0.2) is 35.6 Å². The molecule has 2 unspecified atom stereocenters. The van der Waals surface area contributed by atoms with Gasteiger partial charge >= 0.3 is 6.09 Å². The van der Waals surface area contributed by atoms with Crippen molar-refractivity contribution < 1.29 is 19.7 Å². The van der Waals surface area contributed by atoms with Crippen LogP contribution >= 0.6 is 22.9 Å². The Morgan fingerprint density at radius 2 is 1.69 bits per heavy atom. The van der Waals surface area contributed by atoms with Crippen LogP contribution in [0.5, 0.6) is 0 Å². The average molecular weight is 430 g/mol. The Kier molecular flexibility index (Phi) is 5.87. The third kappa shape index (κ3) is 4.02. The lowest BCUT2D eigenvalue weighted by molar-refractivity contribution is 0.0207. The summed E-state index contributed by atoms with van der Waals surface area (Å²) in [6.07, 6.45) is -3.00. The minimum atomic E-state index is -1.19. The molecule has 1 aliphatic rings. The summed E-state index contributed by atoms with van der Waals surface area (Å²) in [5.41, 5.74) is 4.57. The van der Waals surface area contributed by atoms with Crippen LogP contribution in [0.4, 0.5) is 4.79 Å². The number of amides is 1. The molecule has 5 nitrogen and oxygen atoms in total. The van der Waals surface area contributed by atoms with E-state index in [4.69, 9.17) is 16.3 Å². The number of thiophene rings is 1. The Morgan fingerprint density at radius 1 is 1.07 bits per heavy atom. The number of halogens is 1. The van der Waals surface area contributed by atoms with E-state index in [1.54, 1.807) is 11.4 Å². The number of nitrogens with one attached hydrogen (secondary N) is 1. The number of hydrogen-bond acceptors (Lipinski definition) is 5. The number of carbonyl (C=O) groups excluding carboxylic acids is 1. The van der Waals surface area contributed by atoms with Crippen LogP contribution in [0.15, 0.2) is 60.0 Å². The average Bonchev–Trinajstić information content (AvgIpc) is 3.31. The minimum absolute atomic E-state index is 0.0337. The van der Waals surface area contributed by atoms with E-state index in [2.05, 4.69) is 17.4 Å². The third-order valence-electron chi connectivity index (χ3n) is 5.08. The van der Waals surface area contributed by atoms with Gasteiger partial charge in [-0.3, -0.25) is 0 Å². The highest BCUT2D eigenvalue weighted by molar-refractivity contribution is 7.10. The monoisotopic (exact) mass is 429 g/mol. The molecule has 1 amide bonds. The van der Waals surface area contributed by atoms with Crippen molar-refractivity contribution in [3.8, 4) is 11.1 Å². The molecular weight excluding hydrogens is 410 g/mol. The minimum Gasteiger partial charge on any atom is -0.449 e. The van der Waals surface area contributed by atoms with E-state index in [0.29, 0.717) is 9.90 Å². The molecule has 3 aromatic rings. The molecule has 0 fully saturated rings. The van der Waals surface area contributed by atoms with E-state index >= 15 is 0 Å². The van der Waals surface area contributed by atoms with Gasteiger partial charge in [-0.2, -0.15) is 0 Å². The van der Waals surface area contributed by atoms with E-state index in [-0.39, 0.29) is 19.1 Å². The molecule has 0 bridgehead atoms. The van der Waals surface area contributed by atoms with Gasteiger partial charge in [0.25, 0.3) is 0 Å². The molecule has 150 valence electrons. The first-order valence-corrected chi connectivity index (χ1v) is 10.5. The molecule has 1 aliphatic carbocycles. The second kappa shape index (κ2) is 8.55. The summed E-state index contributed by atoms with van der Waals surface area (Å²) >= 11 is 7.22.